The second-order valence-corrected chi connectivity index (χ2v) is 5.71. The number of hydrogen-bond acceptors (Lipinski definition) is 3. The van der Waals surface area contributed by atoms with Gasteiger partial charge in [0.05, 0.1) is 22.2 Å². The normalized spacial score (nSPS) is 14.1. The number of carbonyl (C=O) groups excluding carboxylic acids is 1. The monoisotopic (exact) mass is 307 g/mol. The van der Waals surface area contributed by atoms with E-state index in [1.54, 1.807) is 18.2 Å². The second kappa shape index (κ2) is 7.24. The zero-order valence-corrected chi connectivity index (χ0v) is 12.4. The van der Waals surface area contributed by atoms with Crippen LogP contribution in [-0.2, 0) is 0 Å². The molecule has 2 N–H and O–H groups in total. The van der Waals surface area contributed by atoms with Gasteiger partial charge in [-0.3, -0.25) is 4.79 Å². The fraction of sp³-hybridized carbons (Fsp3) is 0.417. The molecule has 0 aliphatic rings. The maximum absolute atomic E-state index is 12.1. The van der Waals surface area contributed by atoms with Crippen LogP contribution in [0.2, 0.25) is 10.0 Å². The van der Waals surface area contributed by atoms with Gasteiger partial charge in [-0.1, -0.05) is 29.3 Å². The molecular weight excluding hydrogens is 293 g/mol. The fourth-order valence-electron chi connectivity index (χ4n) is 1.52. The van der Waals surface area contributed by atoms with Crippen molar-refractivity contribution in [2.75, 3.05) is 12.9 Å². The van der Waals surface area contributed by atoms with Crippen molar-refractivity contribution in [3.8, 4) is 0 Å². The molecule has 0 aliphatic heterocycles. The second-order valence-electron chi connectivity index (χ2n) is 3.82. The molecule has 0 radical (unpaired) electrons. The number of nitrogens with one attached hydrogen (secondary N) is 1. The largest absolute Gasteiger partial charge is 0.395 e. The summed E-state index contributed by atoms with van der Waals surface area (Å²) in [5.74, 6) is -0.328. The molecule has 0 saturated heterocycles. The van der Waals surface area contributed by atoms with E-state index in [4.69, 9.17) is 28.3 Å². The van der Waals surface area contributed by atoms with E-state index in [1.807, 2.05) is 13.2 Å². The summed E-state index contributed by atoms with van der Waals surface area (Å²) in [4.78, 5) is 12.1. The lowest BCUT2D eigenvalue weighted by Crippen LogP contribution is -2.41. The first-order chi connectivity index (χ1) is 8.51. The molecule has 6 heteroatoms. The molecule has 1 amide bonds. The summed E-state index contributed by atoms with van der Waals surface area (Å²) in [6.45, 7) is 1.83. The van der Waals surface area contributed by atoms with E-state index in [9.17, 15) is 4.79 Å². The van der Waals surface area contributed by atoms with Crippen molar-refractivity contribution < 1.29 is 9.90 Å². The molecule has 0 heterocycles. The third kappa shape index (κ3) is 3.79. The van der Waals surface area contributed by atoms with Crippen LogP contribution in [0.15, 0.2) is 18.2 Å². The highest BCUT2D eigenvalue weighted by molar-refractivity contribution is 7.99. The van der Waals surface area contributed by atoms with Crippen molar-refractivity contribution >= 4 is 40.9 Å². The molecule has 1 aromatic rings. The van der Waals surface area contributed by atoms with E-state index in [-0.39, 0.29) is 29.4 Å². The molecule has 100 valence electrons. The van der Waals surface area contributed by atoms with E-state index in [0.717, 1.165) is 0 Å². The van der Waals surface area contributed by atoms with Gasteiger partial charge in [-0.15, -0.1) is 0 Å². The van der Waals surface area contributed by atoms with Gasteiger partial charge in [0.25, 0.3) is 5.91 Å². The maximum atomic E-state index is 12.1. The van der Waals surface area contributed by atoms with Gasteiger partial charge in [0.15, 0.2) is 0 Å². The Balaban J connectivity index is 2.83. The predicted molar refractivity (Wildman–Crippen MR) is 77.8 cm³/mol. The third-order valence-electron chi connectivity index (χ3n) is 2.59. The van der Waals surface area contributed by atoms with Crippen molar-refractivity contribution in [1.29, 1.82) is 0 Å². The minimum atomic E-state index is -0.328. The Morgan fingerprint density at radius 3 is 2.44 bits per heavy atom. The summed E-state index contributed by atoms with van der Waals surface area (Å²) >= 11 is 13.4. The van der Waals surface area contributed by atoms with E-state index in [2.05, 4.69) is 5.32 Å². The molecule has 1 rings (SSSR count). The van der Waals surface area contributed by atoms with Gasteiger partial charge in [0.2, 0.25) is 0 Å². The lowest BCUT2D eigenvalue weighted by atomic mass is 10.1. The van der Waals surface area contributed by atoms with Gasteiger partial charge in [-0.25, -0.2) is 0 Å². The zero-order valence-electron chi connectivity index (χ0n) is 10.1. The number of thioether (sulfide) groups is 1. The summed E-state index contributed by atoms with van der Waals surface area (Å²) in [6.07, 6.45) is 1.88. The number of carbonyl (C=O) groups is 1. The van der Waals surface area contributed by atoms with Crippen molar-refractivity contribution in [3.63, 3.8) is 0 Å². The zero-order chi connectivity index (χ0) is 13.7. The van der Waals surface area contributed by atoms with Crippen LogP contribution in [0.3, 0.4) is 0 Å². The van der Waals surface area contributed by atoms with Crippen LogP contribution < -0.4 is 5.32 Å². The average molecular weight is 308 g/mol. The van der Waals surface area contributed by atoms with Crippen LogP contribution in [0.25, 0.3) is 0 Å². The number of aliphatic hydroxyl groups is 1. The van der Waals surface area contributed by atoms with Crippen LogP contribution >= 0.6 is 35.0 Å². The highest BCUT2D eigenvalue weighted by Gasteiger charge is 2.21. The number of rotatable bonds is 5. The van der Waals surface area contributed by atoms with Crippen molar-refractivity contribution in [3.05, 3.63) is 33.8 Å². The van der Waals surface area contributed by atoms with Gasteiger partial charge in [0, 0.05) is 11.3 Å². The molecule has 18 heavy (non-hydrogen) atoms. The Morgan fingerprint density at radius 1 is 1.44 bits per heavy atom. The predicted octanol–water partition coefficient (Wildman–Crippen LogP) is 2.84. The molecule has 2 unspecified atom stereocenters. The van der Waals surface area contributed by atoms with Crippen LogP contribution in [0.1, 0.15) is 17.3 Å². The lowest BCUT2D eigenvalue weighted by Gasteiger charge is -2.21. The molecule has 1 aromatic carbocycles. The van der Waals surface area contributed by atoms with Crippen LogP contribution in [0, 0.1) is 0 Å². The molecule has 0 fully saturated rings. The van der Waals surface area contributed by atoms with E-state index in [0.29, 0.717) is 10.0 Å². The summed E-state index contributed by atoms with van der Waals surface area (Å²) in [7, 11) is 0. The SMILES string of the molecule is CSC(CO)C(C)NC(=O)c1c(Cl)cccc1Cl. The minimum absolute atomic E-state index is 0.00112. The Bertz CT molecular complexity index is 404. The highest BCUT2D eigenvalue weighted by Crippen LogP contribution is 2.24. The number of hydrogen-bond donors (Lipinski definition) is 2. The molecule has 0 bridgehead atoms. The quantitative estimate of drug-likeness (QED) is 0.879. The first-order valence-corrected chi connectivity index (χ1v) is 7.44. The molecule has 0 saturated carbocycles. The molecule has 0 spiro atoms. The summed E-state index contributed by atoms with van der Waals surface area (Å²) in [5, 5.41) is 12.5. The Hall–Kier alpha value is -0.420. The average Bonchev–Trinajstić information content (AvgIpc) is 2.30. The molecule has 3 nitrogen and oxygen atoms in total. The number of halogens is 2. The maximum Gasteiger partial charge on any atom is 0.254 e. The Labute approximate surface area is 121 Å². The van der Waals surface area contributed by atoms with Crippen LogP contribution in [0.4, 0.5) is 0 Å². The van der Waals surface area contributed by atoms with E-state index < -0.39 is 0 Å². The minimum Gasteiger partial charge on any atom is -0.395 e. The topological polar surface area (TPSA) is 49.3 Å². The van der Waals surface area contributed by atoms with Crippen LogP contribution in [0.5, 0.6) is 0 Å². The van der Waals surface area contributed by atoms with Gasteiger partial charge in [-0.2, -0.15) is 11.8 Å². The van der Waals surface area contributed by atoms with Gasteiger partial charge in [-0.05, 0) is 25.3 Å². The molecular formula is C12H15Cl2NO2S. The first kappa shape index (κ1) is 15.6. The van der Waals surface area contributed by atoms with Gasteiger partial charge < -0.3 is 10.4 Å². The molecule has 2 atom stereocenters. The van der Waals surface area contributed by atoms with E-state index >= 15 is 0 Å². The highest BCUT2D eigenvalue weighted by atomic mass is 35.5. The lowest BCUT2D eigenvalue weighted by molar-refractivity contribution is 0.0936. The Morgan fingerprint density at radius 2 is 2.00 bits per heavy atom. The van der Waals surface area contributed by atoms with Gasteiger partial charge >= 0.3 is 0 Å². The molecule has 0 aliphatic carbocycles. The van der Waals surface area contributed by atoms with Crippen molar-refractivity contribution in [2.24, 2.45) is 0 Å². The standard InChI is InChI=1S/C12H15Cl2NO2S/c1-7(10(6-16)18-2)15-12(17)11-8(13)4-3-5-9(11)14/h3-5,7,10,16H,6H2,1-2H3,(H,15,17). The summed E-state index contributed by atoms with van der Waals surface area (Å²) in [5.41, 5.74) is 0.269. The number of benzene rings is 1. The Kier molecular flexibility index (Phi) is 6.29. The van der Waals surface area contributed by atoms with Gasteiger partial charge in [0.1, 0.15) is 0 Å². The smallest absolute Gasteiger partial charge is 0.254 e. The van der Waals surface area contributed by atoms with Crippen LogP contribution in [-0.4, -0.2) is 35.2 Å². The van der Waals surface area contributed by atoms with Crippen molar-refractivity contribution in [2.45, 2.75) is 18.2 Å². The molecule has 0 aromatic heterocycles. The summed E-state index contributed by atoms with van der Waals surface area (Å²) < 4.78 is 0. The first-order valence-electron chi connectivity index (χ1n) is 5.39. The summed E-state index contributed by atoms with van der Waals surface area (Å²) in [6, 6.07) is 4.74. The number of amides is 1. The van der Waals surface area contributed by atoms with Crippen molar-refractivity contribution in [1.82, 2.24) is 5.32 Å². The van der Waals surface area contributed by atoms with E-state index in [1.165, 1.54) is 11.8 Å². The third-order valence-corrected chi connectivity index (χ3v) is 4.38. The fourth-order valence-corrected chi connectivity index (χ4v) is 2.72. The number of aliphatic hydroxyl groups excluding tert-OH is 1.